The second kappa shape index (κ2) is 5.16. The Morgan fingerprint density at radius 2 is 2.33 bits per heavy atom. The number of thiocarbonyl (C=S) groups is 1. The van der Waals surface area contributed by atoms with Gasteiger partial charge in [0.05, 0.1) is 0 Å². The molecule has 0 saturated heterocycles. The fourth-order valence-corrected chi connectivity index (χ4v) is 0.860. The maximum Gasteiger partial charge on any atom is 0.202 e. The first-order chi connectivity index (χ1) is 5.22. The summed E-state index contributed by atoms with van der Waals surface area (Å²) in [6.45, 7) is 0. The molecule has 1 atom stereocenters. The zero-order valence-electron chi connectivity index (χ0n) is 6.27. The van der Waals surface area contributed by atoms with Gasteiger partial charge in [0.1, 0.15) is 0 Å². The van der Waals surface area contributed by atoms with Crippen LogP contribution in [-0.4, -0.2) is 15.1 Å². The second-order valence-corrected chi connectivity index (χ2v) is 2.68. The number of pyridine rings is 1. The van der Waals surface area contributed by atoms with Crippen molar-refractivity contribution < 1.29 is 23.2 Å². The van der Waals surface area contributed by atoms with Crippen LogP contribution in [0, 0.1) is 0 Å². The van der Waals surface area contributed by atoms with Gasteiger partial charge in [-0.3, -0.25) is 4.98 Å². The number of aliphatic hydroxyl groups excluding tert-OH is 1. The molecule has 1 aromatic heterocycles. The third kappa shape index (κ3) is 2.83. The summed E-state index contributed by atoms with van der Waals surface area (Å²) in [5, 5.41) is 9.35. The van der Waals surface area contributed by atoms with Gasteiger partial charge in [0.15, 0.2) is 6.10 Å². The van der Waals surface area contributed by atoms with Gasteiger partial charge >= 0.3 is 0 Å². The number of aliphatic hydroxyl groups is 1. The number of nitrogens with zero attached hydrogens (tertiary/aromatic N) is 1. The minimum Gasteiger partial charge on any atom is -1.00 e. The van der Waals surface area contributed by atoms with E-state index in [2.05, 4.69) is 10.7 Å². The zero-order valence-corrected chi connectivity index (χ0v) is 7.85. The molecule has 0 radical (unpaired) electrons. The molecule has 0 aliphatic rings. The van der Waals surface area contributed by atoms with Gasteiger partial charge in [-0.2, -0.15) is 0 Å². The molecular formula is C7H9ClN2OS. The summed E-state index contributed by atoms with van der Waals surface area (Å²) in [4.78, 5) is 4.16. The lowest BCUT2D eigenvalue weighted by Gasteiger charge is -2.03. The van der Waals surface area contributed by atoms with Gasteiger partial charge in [0.25, 0.3) is 0 Å². The Morgan fingerprint density at radius 1 is 1.67 bits per heavy atom. The van der Waals surface area contributed by atoms with Gasteiger partial charge in [-0.05, 0) is 18.3 Å². The summed E-state index contributed by atoms with van der Waals surface area (Å²) >= 11 is 4.71. The van der Waals surface area contributed by atoms with Gasteiger partial charge in [0.2, 0.25) is 4.99 Å². The number of hydrogen-bond donors (Lipinski definition) is 2. The topological polar surface area (TPSA) is 60.8 Å². The Kier molecular flexibility index (Phi) is 4.92. The van der Waals surface area contributed by atoms with Gasteiger partial charge in [-0.25, -0.2) is 0 Å². The molecule has 1 rings (SSSR count). The molecule has 0 fully saturated rings. The highest BCUT2D eigenvalue weighted by molar-refractivity contribution is 7.80. The van der Waals surface area contributed by atoms with Crippen molar-refractivity contribution in [3.63, 3.8) is 0 Å². The number of halogens is 1. The number of rotatable bonds is 2. The van der Waals surface area contributed by atoms with Gasteiger partial charge < -0.3 is 23.2 Å². The lowest BCUT2D eigenvalue weighted by molar-refractivity contribution is -0.221. The highest BCUT2D eigenvalue weighted by Gasteiger charge is 2.12. The molecule has 3 nitrogen and oxygen atoms in total. The Hall–Kier alpha value is -0.550. The van der Waals surface area contributed by atoms with Crippen molar-refractivity contribution >= 4 is 17.2 Å². The minimum absolute atomic E-state index is 0. The third-order valence-electron chi connectivity index (χ3n) is 1.31. The average molecular weight is 205 g/mol. The van der Waals surface area contributed by atoms with Crippen molar-refractivity contribution in [3.05, 3.63) is 30.1 Å². The molecule has 4 N–H and O–H groups in total. The fourth-order valence-electron chi connectivity index (χ4n) is 0.724. The highest BCUT2D eigenvalue weighted by Crippen LogP contribution is 2.09. The van der Waals surface area contributed by atoms with Crippen LogP contribution < -0.4 is 18.1 Å². The maximum atomic E-state index is 9.35. The zero-order chi connectivity index (χ0) is 8.27. The molecule has 0 spiro atoms. The molecule has 0 aliphatic carbocycles. The van der Waals surface area contributed by atoms with Crippen LogP contribution in [0.2, 0.25) is 0 Å². The Bertz CT molecular complexity index is 255. The normalized spacial score (nSPS) is 11.5. The molecule has 12 heavy (non-hydrogen) atoms. The molecule has 0 aliphatic heterocycles. The van der Waals surface area contributed by atoms with E-state index in [0.717, 1.165) is 0 Å². The van der Waals surface area contributed by atoms with E-state index >= 15 is 0 Å². The van der Waals surface area contributed by atoms with Crippen molar-refractivity contribution in [2.75, 3.05) is 0 Å². The summed E-state index contributed by atoms with van der Waals surface area (Å²) in [6.07, 6.45) is 2.45. The molecule has 1 aromatic rings. The number of hydrogen-bond acceptors (Lipinski definition) is 3. The van der Waals surface area contributed by atoms with E-state index < -0.39 is 6.10 Å². The summed E-state index contributed by atoms with van der Waals surface area (Å²) in [5.74, 6) is 0. The Labute approximate surface area is 82.0 Å². The molecule has 0 bridgehead atoms. The van der Waals surface area contributed by atoms with E-state index in [0.29, 0.717) is 10.6 Å². The summed E-state index contributed by atoms with van der Waals surface area (Å²) < 4.78 is 0. The smallest absolute Gasteiger partial charge is 0.202 e. The Balaban J connectivity index is 0.00000121. The van der Waals surface area contributed by atoms with Crippen LogP contribution in [0.1, 0.15) is 11.7 Å². The van der Waals surface area contributed by atoms with E-state index in [1.54, 1.807) is 24.5 Å². The predicted molar refractivity (Wildman–Crippen MR) is 44.7 cm³/mol. The van der Waals surface area contributed by atoms with Gasteiger partial charge in [-0.15, -0.1) is 0 Å². The van der Waals surface area contributed by atoms with Crippen LogP contribution in [0.3, 0.4) is 0 Å². The summed E-state index contributed by atoms with van der Waals surface area (Å²) in [7, 11) is 0. The van der Waals surface area contributed by atoms with Crippen molar-refractivity contribution in [2.24, 2.45) is 0 Å². The van der Waals surface area contributed by atoms with Crippen LogP contribution in [0.15, 0.2) is 24.5 Å². The third-order valence-corrected chi connectivity index (χ3v) is 1.53. The average Bonchev–Trinajstić information content (AvgIpc) is 2.05. The molecule has 1 unspecified atom stereocenters. The maximum absolute atomic E-state index is 9.35. The van der Waals surface area contributed by atoms with E-state index in [1.165, 1.54) is 0 Å². The van der Waals surface area contributed by atoms with Crippen LogP contribution in [-0.2, 0) is 0 Å². The molecule has 0 amide bonds. The van der Waals surface area contributed by atoms with E-state index in [1.807, 2.05) is 0 Å². The standard InChI is InChI=1S/C7H8N2OS.ClH/c8-7(11)6(10)5-2-1-3-9-4-5;/h1-4,6,10H,(H2,8,11);1H. The first-order valence-electron chi connectivity index (χ1n) is 3.15. The van der Waals surface area contributed by atoms with E-state index in [-0.39, 0.29) is 12.4 Å². The Morgan fingerprint density at radius 3 is 2.75 bits per heavy atom. The molecule has 0 saturated carbocycles. The number of aromatic nitrogens is 1. The SMILES string of the molecule is [Cl-].[NH3+]C(=S)C(O)c1cccnc1. The van der Waals surface area contributed by atoms with E-state index in [4.69, 9.17) is 12.2 Å². The quantitative estimate of drug-likeness (QED) is 0.496. The summed E-state index contributed by atoms with van der Waals surface area (Å²) in [5.41, 5.74) is 4.16. The van der Waals surface area contributed by atoms with Crippen LogP contribution >= 0.6 is 12.2 Å². The van der Waals surface area contributed by atoms with Crippen LogP contribution in [0.4, 0.5) is 0 Å². The van der Waals surface area contributed by atoms with Crippen molar-refractivity contribution in [1.29, 1.82) is 0 Å². The molecule has 0 aromatic carbocycles. The largest absolute Gasteiger partial charge is 1.00 e. The van der Waals surface area contributed by atoms with E-state index in [9.17, 15) is 5.11 Å². The molecule has 1 heterocycles. The van der Waals surface area contributed by atoms with Crippen molar-refractivity contribution in [2.45, 2.75) is 6.10 Å². The molecular weight excluding hydrogens is 196 g/mol. The first kappa shape index (κ1) is 11.4. The fraction of sp³-hybridized carbons (Fsp3) is 0.143. The first-order valence-corrected chi connectivity index (χ1v) is 3.56. The van der Waals surface area contributed by atoms with Crippen molar-refractivity contribution in [3.8, 4) is 0 Å². The van der Waals surface area contributed by atoms with Crippen molar-refractivity contribution in [1.82, 2.24) is 4.98 Å². The second-order valence-electron chi connectivity index (χ2n) is 2.16. The predicted octanol–water partition coefficient (Wildman–Crippen LogP) is -3.31. The molecule has 66 valence electrons. The summed E-state index contributed by atoms with van der Waals surface area (Å²) in [6, 6.07) is 3.51. The highest BCUT2D eigenvalue weighted by atomic mass is 35.5. The van der Waals surface area contributed by atoms with Gasteiger partial charge in [-0.1, -0.05) is 6.07 Å². The minimum atomic E-state index is -0.765. The van der Waals surface area contributed by atoms with Gasteiger partial charge in [0, 0.05) is 18.0 Å². The lowest BCUT2D eigenvalue weighted by Crippen LogP contribution is -3.00. The molecule has 5 heteroatoms. The number of quaternary nitrogens is 1. The van der Waals surface area contributed by atoms with Crippen LogP contribution in [0.25, 0.3) is 0 Å². The monoisotopic (exact) mass is 204 g/mol. The lowest BCUT2D eigenvalue weighted by atomic mass is 10.2. The van der Waals surface area contributed by atoms with Crippen LogP contribution in [0.5, 0.6) is 0 Å².